The second kappa shape index (κ2) is 3.85. The number of carbonyl (C=O) groups excluding carboxylic acids is 1. The number of carbonyl (C=O) groups is 1. The highest BCUT2D eigenvalue weighted by Crippen LogP contribution is 2.35. The van der Waals surface area contributed by atoms with Gasteiger partial charge in [0.25, 0.3) is 5.91 Å². The Morgan fingerprint density at radius 1 is 1.29 bits per heavy atom. The molecule has 1 aliphatic heterocycles. The van der Waals surface area contributed by atoms with Crippen LogP contribution in [0.5, 0.6) is 0 Å². The van der Waals surface area contributed by atoms with E-state index in [0.29, 0.717) is 0 Å². The Morgan fingerprint density at radius 3 is 2.35 bits per heavy atom. The predicted molar refractivity (Wildman–Crippen MR) is 60.1 cm³/mol. The van der Waals surface area contributed by atoms with E-state index in [1.807, 2.05) is 27.7 Å². The second-order valence-corrected chi connectivity index (χ2v) is 4.95. The van der Waals surface area contributed by atoms with Crippen LogP contribution in [0.25, 0.3) is 0 Å². The Hall–Kier alpha value is -1.34. The van der Waals surface area contributed by atoms with Gasteiger partial charge in [-0.3, -0.25) is 4.79 Å². The Bertz CT molecular complexity index is 400. The van der Waals surface area contributed by atoms with E-state index in [-0.39, 0.29) is 5.69 Å². The van der Waals surface area contributed by atoms with Crippen LogP contribution < -0.4 is 5.23 Å². The van der Waals surface area contributed by atoms with Crippen LogP contribution in [0, 0.1) is 0 Å². The van der Waals surface area contributed by atoms with Crippen molar-refractivity contribution in [3.05, 3.63) is 18.0 Å². The van der Waals surface area contributed by atoms with Gasteiger partial charge >= 0.3 is 7.25 Å². The molecule has 7 heteroatoms. The molecule has 1 fully saturated rings. The predicted octanol–water partition coefficient (Wildman–Crippen LogP) is 0.993. The molecule has 1 aliphatic rings. The lowest BCUT2D eigenvalue weighted by Gasteiger charge is -2.32. The highest BCUT2D eigenvalue weighted by Gasteiger charge is 2.52. The molecule has 0 atom stereocenters. The first-order valence-electron chi connectivity index (χ1n) is 5.39. The van der Waals surface area contributed by atoms with E-state index in [1.165, 1.54) is 12.3 Å². The van der Waals surface area contributed by atoms with Crippen molar-refractivity contribution in [1.82, 2.24) is 10.4 Å². The summed E-state index contributed by atoms with van der Waals surface area (Å²) in [7, 11) is -0.774. The van der Waals surface area contributed by atoms with Crippen LogP contribution in [0.4, 0.5) is 0 Å². The maximum absolute atomic E-state index is 11.7. The largest absolute Gasteiger partial charge is 0.594 e. The summed E-state index contributed by atoms with van der Waals surface area (Å²) in [4.78, 5) is 11.7. The summed E-state index contributed by atoms with van der Waals surface area (Å²) in [6.45, 7) is 7.65. The van der Waals surface area contributed by atoms with Gasteiger partial charge in [-0.15, -0.1) is 0 Å². The van der Waals surface area contributed by atoms with E-state index in [0.717, 1.165) is 0 Å². The van der Waals surface area contributed by atoms with E-state index < -0.39 is 24.4 Å². The van der Waals surface area contributed by atoms with Crippen molar-refractivity contribution in [2.75, 3.05) is 0 Å². The highest BCUT2D eigenvalue weighted by molar-refractivity contribution is 6.47. The third kappa shape index (κ3) is 2.20. The molecule has 0 aliphatic carbocycles. The molecule has 17 heavy (non-hydrogen) atoms. The first kappa shape index (κ1) is 12.1. The van der Waals surface area contributed by atoms with E-state index in [9.17, 15) is 4.79 Å². The van der Waals surface area contributed by atoms with Crippen LogP contribution in [0.1, 0.15) is 38.2 Å². The van der Waals surface area contributed by atoms with E-state index >= 15 is 0 Å². The normalized spacial score (nSPS) is 21.5. The van der Waals surface area contributed by atoms with Crippen molar-refractivity contribution >= 4 is 13.2 Å². The number of hydrogen-bond donors (Lipinski definition) is 1. The Labute approximate surface area is 99.8 Å². The molecule has 0 aromatic carbocycles. The second-order valence-electron chi connectivity index (χ2n) is 4.95. The lowest BCUT2D eigenvalue weighted by atomic mass is 9.90. The summed E-state index contributed by atoms with van der Waals surface area (Å²) >= 11 is 0. The van der Waals surface area contributed by atoms with Crippen LogP contribution in [0.3, 0.4) is 0 Å². The number of nitrogens with one attached hydrogen (secondary N) is 1. The molecule has 6 nitrogen and oxygen atoms in total. The van der Waals surface area contributed by atoms with Gasteiger partial charge in [-0.2, -0.15) is 0 Å². The summed E-state index contributed by atoms with van der Waals surface area (Å²) in [5.41, 5.74) is -0.761. The van der Waals surface area contributed by atoms with Crippen molar-refractivity contribution in [3.8, 4) is 0 Å². The molecule has 2 rings (SSSR count). The van der Waals surface area contributed by atoms with Crippen molar-refractivity contribution < 1.29 is 18.6 Å². The van der Waals surface area contributed by atoms with Gasteiger partial charge in [0.2, 0.25) is 0 Å². The number of amides is 1. The molecule has 92 valence electrons. The molecule has 0 spiro atoms. The van der Waals surface area contributed by atoms with E-state index in [2.05, 4.69) is 14.9 Å². The average Bonchev–Trinajstić information content (AvgIpc) is 2.73. The first-order valence-corrected chi connectivity index (χ1v) is 5.39. The molecule has 1 aromatic rings. The summed E-state index contributed by atoms with van der Waals surface area (Å²) in [5.74, 6) is -0.391. The number of aromatic nitrogens is 1. The Kier molecular flexibility index (Phi) is 2.75. The third-order valence-corrected chi connectivity index (χ3v) is 3.17. The van der Waals surface area contributed by atoms with Gasteiger partial charge in [0.05, 0.1) is 11.2 Å². The van der Waals surface area contributed by atoms with E-state index in [1.54, 1.807) is 0 Å². The summed E-state index contributed by atoms with van der Waals surface area (Å²) in [5, 5.41) is 6.12. The van der Waals surface area contributed by atoms with Gasteiger partial charge in [0.15, 0.2) is 5.69 Å². The van der Waals surface area contributed by atoms with Gasteiger partial charge in [-0.1, -0.05) is 5.16 Å². The summed E-state index contributed by atoms with van der Waals surface area (Å²) < 4.78 is 15.8. The Balaban J connectivity index is 2.01. The van der Waals surface area contributed by atoms with Crippen molar-refractivity contribution in [3.63, 3.8) is 0 Å². The van der Waals surface area contributed by atoms with Gasteiger partial charge in [-0.05, 0) is 27.7 Å². The molecule has 0 radical (unpaired) electrons. The molecule has 1 aromatic heterocycles. The molecule has 1 saturated heterocycles. The SMILES string of the molecule is CC1(C)OB(NC(=O)c2ccon2)OC1(C)C. The zero-order valence-electron chi connectivity index (χ0n) is 10.3. The lowest BCUT2D eigenvalue weighted by Crippen LogP contribution is -2.41. The van der Waals surface area contributed by atoms with Crippen molar-refractivity contribution in [1.29, 1.82) is 0 Å². The summed E-state index contributed by atoms with van der Waals surface area (Å²) in [6.07, 6.45) is 1.33. The minimum Gasteiger partial charge on any atom is -0.384 e. The van der Waals surface area contributed by atoms with Crippen molar-refractivity contribution in [2.45, 2.75) is 38.9 Å². The Morgan fingerprint density at radius 2 is 1.88 bits per heavy atom. The number of hydrogen-bond acceptors (Lipinski definition) is 5. The zero-order valence-corrected chi connectivity index (χ0v) is 10.3. The number of nitrogens with zero attached hydrogens (tertiary/aromatic N) is 1. The standard InChI is InChI=1S/C10H15BN2O4/c1-9(2)10(3,4)17-11(16-9)12-8(14)7-5-6-15-13-7/h5-6H,1-4H3,(H,12,14). The van der Waals surface area contributed by atoms with E-state index in [4.69, 9.17) is 9.31 Å². The van der Waals surface area contributed by atoms with Gasteiger partial charge < -0.3 is 19.1 Å². The van der Waals surface area contributed by atoms with Crippen LogP contribution in [0.2, 0.25) is 0 Å². The van der Waals surface area contributed by atoms with Crippen LogP contribution in [-0.4, -0.2) is 29.5 Å². The highest BCUT2D eigenvalue weighted by atomic mass is 16.7. The molecule has 1 amide bonds. The molecule has 0 bridgehead atoms. The fraction of sp³-hybridized carbons (Fsp3) is 0.600. The monoisotopic (exact) mass is 238 g/mol. The van der Waals surface area contributed by atoms with Crippen LogP contribution in [-0.2, 0) is 9.31 Å². The maximum Gasteiger partial charge on any atom is 0.594 e. The molecule has 1 N–H and O–H groups in total. The van der Waals surface area contributed by atoms with Crippen LogP contribution in [0.15, 0.2) is 16.9 Å². The quantitative estimate of drug-likeness (QED) is 0.777. The first-order chi connectivity index (χ1) is 7.82. The average molecular weight is 238 g/mol. The van der Waals surface area contributed by atoms with Crippen LogP contribution >= 0.6 is 0 Å². The molecule has 0 unspecified atom stereocenters. The lowest BCUT2D eigenvalue weighted by molar-refractivity contribution is 0.00578. The van der Waals surface area contributed by atoms with Crippen molar-refractivity contribution in [2.24, 2.45) is 0 Å². The summed E-state index contributed by atoms with van der Waals surface area (Å²) in [6, 6.07) is 1.47. The minimum atomic E-state index is -0.774. The molecule has 2 heterocycles. The van der Waals surface area contributed by atoms with Gasteiger partial charge in [0.1, 0.15) is 6.26 Å². The fourth-order valence-corrected chi connectivity index (χ4v) is 1.41. The number of rotatable bonds is 2. The van der Waals surface area contributed by atoms with Gasteiger partial charge in [-0.25, -0.2) is 0 Å². The topological polar surface area (TPSA) is 73.6 Å². The molecular weight excluding hydrogens is 223 g/mol. The smallest absolute Gasteiger partial charge is 0.384 e. The minimum absolute atomic E-state index is 0.194. The van der Waals surface area contributed by atoms with Gasteiger partial charge in [0, 0.05) is 6.07 Å². The zero-order chi connectivity index (χ0) is 12.7. The fourth-order valence-electron chi connectivity index (χ4n) is 1.41. The molecule has 0 saturated carbocycles. The maximum atomic E-state index is 11.7. The molecular formula is C10H15BN2O4. The third-order valence-electron chi connectivity index (χ3n) is 3.17.